The molecule has 2 rings (SSSR count). The molecular formula is C11H20ClN3S. The molecule has 0 aromatic carbocycles. The Morgan fingerprint density at radius 2 is 2.38 bits per heavy atom. The highest BCUT2D eigenvalue weighted by Crippen LogP contribution is 2.28. The molecule has 0 spiro atoms. The number of halogens is 1. The molecule has 16 heavy (non-hydrogen) atoms. The first-order chi connectivity index (χ1) is 7.08. The van der Waals surface area contributed by atoms with Crippen molar-refractivity contribution in [3.63, 3.8) is 0 Å². The number of piperidine rings is 1. The number of hydrogen-bond acceptors (Lipinski definition) is 4. The monoisotopic (exact) mass is 261 g/mol. The summed E-state index contributed by atoms with van der Waals surface area (Å²) >= 11 is 1.73. The van der Waals surface area contributed by atoms with Gasteiger partial charge in [-0.3, -0.25) is 4.90 Å². The second kappa shape index (κ2) is 5.45. The smallest absolute Gasteiger partial charge is 0.107 e. The molecular weight excluding hydrogens is 242 g/mol. The zero-order valence-corrected chi connectivity index (χ0v) is 11.5. The van der Waals surface area contributed by atoms with Crippen molar-refractivity contribution in [2.24, 2.45) is 11.1 Å². The molecule has 2 N–H and O–H groups in total. The Kier molecular flexibility index (Phi) is 4.73. The van der Waals surface area contributed by atoms with Gasteiger partial charge in [0.05, 0.1) is 6.54 Å². The van der Waals surface area contributed by atoms with Gasteiger partial charge in [-0.1, -0.05) is 13.8 Å². The van der Waals surface area contributed by atoms with Crippen LogP contribution >= 0.6 is 23.7 Å². The Balaban J connectivity index is 0.00000128. The Labute approximate surface area is 107 Å². The standard InChI is InChI=1S/C11H19N3S.ClH/c1-11(2)8-14(5-3-9(11)12)7-10-13-4-6-15-10;/h4,6,9H,3,5,7-8,12H2,1-2H3;1H. The third-order valence-corrected chi connectivity index (χ3v) is 4.00. The number of nitrogens with two attached hydrogens (primary N) is 1. The van der Waals surface area contributed by atoms with Crippen LogP contribution in [0.15, 0.2) is 11.6 Å². The molecule has 3 nitrogen and oxygen atoms in total. The molecule has 1 aromatic rings. The van der Waals surface area contributed by atoms with E-state index in [1.54, 1.807) is 11.3 Å². The van der Waals surface area contributed by atoms with Gasteiger partial charge in [0.2, 0.25) is 0 Å². The van der Waals surface area contributed by atoms with Crippen molar-refractivity contribution >= 4 is 23.7 Å². The Morgan fingerprint density at radius 1 is 1.62 bits per heavy atom. The van der Waals surface area contributed by atoms with Gasteiger partial charge in [0, 0.05) is 30.7 Å². The van der Waals surface area contributed by atoms with E-state index in [4.69, 9.17) is 5.73 Å². The largest absolute Gasteiger partial charge is 0.327 e. The van der Waals surface area contributed by atoms with Crippen LogP contribution in [0.25, 0.3) is 0 Å². The van der Waals surface area contributed by atoms with Crippen molar-refractivity contribution in [3.05, 3.63) is 16.6 Å². The van der Waals surface area contributed by atoms with Gasteiger partial charge >= 0.3 is 0 Å². The van der Waals surface area contributed by atoms with Crippen LogP contribution in [0, 0.1) is 5.41 Å². The van der Waals surface area contributed by atoms with E-state index >= 15 is 0 Å². The normalized spacial score (nSPS) is 25.1. The zero-order chi connectivity index (χ0) is 10.9. The van der Waals surface area contributed by atoms with Gasteiger partial charge in [-0.25, -0.2) is 4.98 Å². The summed E-state index contributed by atoms with van der Waals surface area (Å²) in [4.78, 5) is 6.78. The van der Waals surface area contributed by atoms with Crippen LogP contribution < -0.4 is 5.73 Å². The zero-order valence-electron chi connectivity index (χ0n) is 9.85. The summed E-state index contributed by atoms with van der Waals surface area (Å²) in [5, 5.41) is 3.25. The minimum Gasteiger partial charge on any atom is -0.327 e. The first kappa shape index (κ1) is 13.9. The average Bonchev–Trinajstić information content (AvgIpc) is 2.63. The van der Waals surface area contributed by atoms with E-state index in [9.17, 15) is 0 Å². The molecule has 1 saturated heterocycles. The maximum Gasteiger partial charge on any atom is 0.107 e. The van der Waals surface area contributed by atoms with Gasteiger partial charge in [0.15, 0.2) is 0 Å². The number of thiazole rings is 1. The van der Waals surface area contributed by atoms with Gasteiger partial charge < -0.3 is 5.73 Å². The predicted molar refractivity (Wildman–Crippen MR) is 71.0 cm³/mol. The molecule has 0 radical (unpaired) electrons. The van der Waals surface area contributed by atoms with Crippen molar-refractivity contribution in [2.75, 3.05) is 13.1 Å². The van der Waals surface area contributed by atoms with Gasteiger partial charge in [-0.05, 0) is 11.8 Å². The van der Waals surface area contributed by atoms with Crippen LogP contribution in [0.2, 0.25) is 0 Å². The summed E-state index contributed by atoms with van der Waals surface area (Å²) in [6.07, 6.45) is 2.97. The fourth-order valence-corrected chi connectivity index (χ4v) is 2.80. The lowest BCUT2D eigenvalue weighted by molar-refractivity contribution is 0.0898. The van der Waals surface area contributed by atoms with Gasteiger partial charge in [0.1, 0.15) is 5.01 Å². The average molecular weight is 262 g/mol. The predicted octanol–water partition coefficient (Wildman–Crippen LogP) is 2.12. The van der Waals surface area contributed by atoms with Crippen LogP contribution in [-0.4, -0.2) is 29.0 Å². The lowest BCUT2D eigenvalue weighted by Gasteiger charge is -2.42. The summed E-state index contributed by atoms with van der Waals surface area (Å²) in [7, 11) is 0. The van der Waals surface area contributed by atoms with E-state index in [1.807, 2.05) is 11.6 Å². The highest BCUT2D eigenvalue weighted by molar-refractivity contribution is 7.09. The molecule has 92 valence electrons. The Bertz CT molecular complexity index is 313. The number of nitrogens with zero attached hydrogens (tertiary/aromatic N) is 2. The third-order valence-electron chi connectivity index (χ3n) is 3.23. The van der Waals surface area contributed by atoms with Crippen LogP contribution in [0.3, 0.4) is 0 Å². The van der Waals surface area contributed by atoms with E-state index in [0.29, 0.717) is 6.04 Å². The Morgan fingerprint density at radius 3 is 2.94 bits per heavy atom. The Hall–Kier alpha value is -0.160. The SMILES string of the molecule is CC1(C)CN(Cc2nccs2)CCC1N.Cl. The maximum absolute atomic E-state index is 6.11. The van der Waals surface area contributed by atoms with Crippen LogP contribution in [0.4, 0.5) is 0 Å². The molecule has 2 heterocycles. The van der Waals surface area contributed by atoms with Crippen molar-refractivity contribution in [3.8, 4) is 0 Å². The molecule has 0 amide bonds. The fraction of sp³-hybridized carbons (Fsp3) is 0.727. The second-order valence-corrected chi connectivity index (χ2v) is 6.00. The van der Waals surface area contributed by atoms with E-state index in [2.05, 4.69) is 23.7 Å². The number of likely N-dealkylation sites (tertiary alicyclic amines) is 1. The second-order valence-electron chi connectivity index (χ2n) is 5.02. The highest BCUT2D eigenvalue weighted by atomic mass is 35.5. The topological polar surface area (TPSA) is 42.2 Å². The molecule has 5 heteroatoms. The van der Waals surface area contributed by atoms with E-state index in [-0.39, 0.29) is 17.8 Å². The lowest BCUT2D eigenvalue weighted by atomic mass is 9.80. The van der Waals surface area contributed by atoms with Gasteiger partial charge in [-0.15, -0.1) is 23.7 Å². The molecule has 0 saturated carbocycles. The quantitative estimate of drug-likeness (QED) is 0.887. The molecule has 0 bridgehead atoms. The maximum atomic E-state index is 6.11. The summed E-state index contributed by atoms with van der Waals surface area (Å²) < 4.78 is 0. The van der Waals surface area contributed by atoms with Crippen molar-refractivity contribution in [1.82, 2.24) is 9.88 Å². The van der Waals surface area contributed by atoms with Crippen molar-refractivity contribution < 1.29 is 0 Å². The lowest BCUT2D eigenvalue weighted by Crippen LogP contribution is -2.52. The van der Waals surface area contributed by atoms with Gasteiger partial charge in [0.25, 0.3) is 0 Å². The van der Waals surface area contributed by atoms with Crippen LogP contribution in [0.5, 0.6) is 0 Å². The van der Waals surface area contributed by atoms with E-state index in [1.165, 1.54) is 5.01 Å². The van der Waals surface area contributed by atoms with E-state index < -0.39 is 0 Å². The van der Waals surface area contributed by atoms with E-state index in [0.717, 1.165) is 26.1 Å². The number of hydrogen-bond donors (Lipinski definition) is 1. The number of rotatable bonds is 2. The van der Waals surface area contributed by atoms with Crippen LogP contribution in [0.1, 0.15) is 25.3 Å². The first-order valence-electron chi connectivity index (χ1n) is 5.44. The summed E-state index contributed by atoms with van der Waals surface area (Å²) in [6.45, 7) is 7.67. The minimum absolute atomic E-state index is 0. The molecule has 1 aromatic heterocycles. The van der Waals surface area contributed by atoms with Crippen molar-refractivity contribution in [1.29, 1.82) is 0 Å². The van der Waals surface area contributed by atoms with Gasteiger partial charge in [-0.2, -0.15) is 0 Å². The fourth-order valence-electron chi connectivity index (χ4n) is 2.14. The summed E-state index contributed by atoms with van der Waals surface area (Å²) in [6, 6.07) is 0.338. The first-order valence-corrected chi connectivity index (χ1v) is 6.32. The van der Waals surface area contributed by atoms with Crippen LogP contribution in [-0.2, 0) is 6.54 Å². The highest BCUT2D eigenvalue weighted by Gasteiger charge is 2.33. The summed E-state index contributed by atoms with van der Waals surface area (Å²) in [5.41, 5.74) is 6.34. The molecule has 0 aliphatic carbocycles. The molecule has 1 unspecified atom stereocenters. The molecule has 1 aliphatic rings. The summed E-state index contributed by atoms with van der Waals surface area (Å²) in [5.74, 6) is 0. The minimum atomic E-state index is 0. The number of aromatic nitrogens is 1. The molecule has 1 atom stereocenters. The molecule has 1 fully saturated rings. The third kappa shape index (κ3) is 3.17. The molecule has 1 aliphatic heterocycles. The van der Waals surface area contributed by atoms with Crippen molar-refractivity contribution in [2.45, 2.75) is 32.9 Å².